The molecule has 0 radical (unpaired) electrons. The first-order valence-electron chi connectivity index (χ1n) is 8.77. The minimum atomic E-state index is -4.69. The van der Waals surface area contributed by atoms with Gasteiger partial charge in [-0.25, -0.2) is 8.93 Å². The molecule has 1 aliphatic rings. The number of carbonyl (C=O) groups excluding carboxylic acids is 1. The largest absolute Gasteiger partial charge is 0.463 e. The van der Waals surface area contributed by atoms with Crippen LogP contribution in [0.4, 0.5) is 13.2 Å². The summed E-state index contributed by atoms with van der Waals surface area (Å²) in [5.41, 5.74) is 0. The van der Waals surface area contributed by atoms with Gasteiger partial charge in [0.05, 0.1) is 27.8 Å². The molecule has 1 aliphatic carbocycles. The number of esters is 1. The molecule has 0 amide bonds. The van der Waals surface area contributed by atoms with Gasteiger partial charge in [0.15, 0.2) is 0 Å². The molecule has 1 rings (SSSR count). The van der Waals surface area contributed by atoms with Crippen LogP contribution in [-0.2, 0) is 20.5 Å². The Labute approximate surface area is 150 Å². The van der Waals surface area contributed by atoms with Crippen molar-refractivity contribution in [2.45, 2.75) is 89.8 Å². The number of ether oxygens (including phenoxy) is 1. The summed E-state index contributed by atoms with van der Waals surface area (Å²) in [6, 6.07) is -2.18. The fourth-order valence-electron chi connectivity index (χ4n) is 2.96. The van der Waals surface area contributed by atoms with E-state index in [1.54, 1.807) is 34.6 Å². The SMILES string of the molecule is CC(C)OC(=O)[C@H](CC1CCCC1)[C@@H](N[S@](=O)C(C)(C)C)C(F)(F)F. The van der Waals surface area contributed by atoms with Gasteiger partial charge in [0, 0.05) is 0 Å². The maximum absolute atomic E-state index is 13.7. The van der Waals surface area contributed by atoms with E-state index in [-0.39, 0.29) is 12.3 Å². The monoisotopic (exact) mass is 385 g/mol. The molecule has 1 N–H and O–H groups in total. The van der Waals surface area contributed by atoms with Crippen molar-refractivity contribution < 1.29 is 26.9 Å². The highest BCUT2D eigenvalue weighted by molar-refractivity contribution is 7.84. The Balaban J connectivity index is 3.08. The van der Waals surface area contributed by atoms with Crippen molar-refractivity contribution in [3.63, 3.8) is 0 Å². The van der Waals surface area contributed by atoms with E-state index < -0.39 is 45.9 Å². The van der Waals surface area contributed by atoms with Crippen LogP contribution in [0.5, 0.6) is 0 Å². The Morgan fingerprint density at radius 2 is 1.72 bits per heavy atom. The predicted molar refractivity (Wildman–Crippen MR) is 92.2 cm³/mol. The molecule has 25 heavy (non-hydrogen) atoms. The normalized spacial score (nSPS) is 20.5. The standard InChI is InChI=1S/C17H30F3NO3S/c1-11(2)24-15(22)13(10-12-8-6-7-9-12)14(17(18,19)20)21-25(23)16(3,4)5/h11-14,21H,6-10H2,1-5H3/t13-,14-,25-/m1/s1. The van der Waals surface area contributed by atoms with Gasteiger partial charge in [0.1, 0.15) is 6.04 Å². The Morgan fingerprint density at radius 1 is 1.20 bits per heavy atom. The lowest BCUT2D eigenvalue weighted by molar-refractivity contribution is -0.182. The summed E-state index contributed by atoms with van der Waals surface area (Å²) >= 11 is 0. The summed E-state index contributed by atoms with van der Waals surface area (Å²) in [7, 11) is -1.94. The van der Waals surface area contributed by atoms with Crippen LogP contribution in [0.3, 0.4) is 0 Å². The van der Waals surface area contributed by atoms with Gasteiger partial charge in [0.25, 0.3) is 0 Å². The lowest BCUT2D eigenvalue weighted by atomic mass is 9.88. The van der Waals surface area contributed by atoms with Gasteiger partial charge in [-0.15, -0.1) is 0 Å². The second-order valence-electron chi connectivity index (χ2n) is 8.00. The number of carbonyl (C=O) groups is 1. The summed E-state index contributed by atoms with van der Waals surface area (Å²) in [6.07, 6.45) is -1.52. The molecule has 1 fully saturated rings. The van der Waals surface area contributed by atoms with Crippen LogP contribution in [0.25, 0.3) is 0 Å². The van der Waals surface area contributed by atoms with E-state index in [0.29, 0.717) is 0 Å². The van der Waals surface area contributed by atoms with Crippen molar-refractivity contribution in [3.8, 4) is 0 Å². The van der Waals surface area contributed by atoms with Gasteiger partial charge in [0.2, 0.25) is 0 Å². The molecule has 0 saturated heterocycles. The van der Waals surface area contributed by atoms with Gasteiger partial charge in [-0.3, -0.25) is 4.79 Å². The van der Waals surface area contributed by atoms with Gasteiger partial charge < -0.3 is 4.74 Å². The van der Waals surface area contributed by atoms with Crippen LogP contribution >= 0.6 is 0 Å². The van der Waals surface area contributed by atoms with Crippen LogP contribution in [0, 0.1) is 11.8 Å². The highest BCUT2D eigenvalue weighted by Gasteiger charge is 2.50. The summed E-state index contributed by atoms with van der Waals surface area (Å²) in [4.78, 5) is 12.4. The van der Waals surface area contributed by atoms with Crippen LogP contribution < -0.4 is 4.72 Å². The van der Waals surface area contributed by atoms with Gasteiger partial charge in [-0.05, 0) is 47.0 Å². The molecule has 0 aliphatic heterocycles. The fourth-order valence-corrected chi connectivity index (χ4v) is 3.84. The van der Waals surface area contributed by atoms with E-state index >= 15 is 0 Å². The zero-order valence-corrected chi connectivity index (χ0v) is 16.4. The second kappa shape index (κ2) is 8.84. The van der Waals surface area contributed by atoms with Crippen LogP contribution in [0.15, 0.2) is 0 Å². The van der Waals surface area contributed by atoms with Gasteiger partial charge in [-0.1, -0.05) is 25.7 Å². The molecule has 0 bridgehead atoms. The molecule has 8 heteroatoms. The van der Waals surface area contributed by atoms with E-state index in [1.807, 2.05) is 0 Å². The molecule has 0 heterocycles. The lowest BCUT2D eigenvalue weighted by Crippen LogP contribution is -2.54. The molecule has 0 aromatic carbocycles. The van der Waals surface area contributed by atoms with E-state index in [1.165, 1.54) is 0 Å². The van der Waals surface area contributed by atoms with Crippen molar-refractivity contribution in [1.29, 1.82) is 0 Å². The number of halogens is 3. The molecule has 148 valence electrons. The minimum absolute atomic E-state index is 0.0689. The average Bonchev–Trinajstić information content (AvgIpc) is 2.92. The Morgan fingerprint density at radius 3 is 2.12 bits per heavy atom. The maximum atomic E-state index is 13.7. The highest BCUT2D eigenvalue weighted by Crippen LogP contribution is 2.36. The molecule has 0 aromatic rings. The number of rotatable bonds is 7. The minimum Gasteiger partial charge on any atom is -0.463 e. The number of alkyl halides is 3. The fraction of sp³-hybridized carbons (Fsp3) is 0.941. The molecule has 1 saturated carbocycles. The quantitative estimate of drug-likeness (QED) is 0.671. The molecule has 3 atom stereocenters. The summed E-state index contributed by atoms with van der Waals surface area (Å²) in [6.45, 7) is 7.97. The first kappa shape index (κ1) is 22.4. The smallest absolute Gasteiger partial charge is 0.405 e. The first-order valence-corrected chi connectivity index (χ1v) is 9.92. The summed E-state index contributed by atoms with van der Waals surface area (Å²) in [5.74, 6) is -2.20. The van der Waals surface area contributed by atoms with Crippen molar-refractivity contribution in [3.05, 3.63) is 0 Å². The van der Waals surface area contributed by atoms with E-state index in [9.17, 15) is 22.2 Å². The summed E-state index contributed by atoms with van der Waals surface area (Å²) < 4.78 is 59.7. The third-order valence-corrected chi connectivity index (χ3v) is 5.84. The molecular formula is C17H30F3NO3S. The second-order valence-corrected chi connectivity index (χ2v) is 9.99. The third-order valence-electron chi connectivity index (χ3n) is 4.26. The third kappa shape index (κ3) is 7.25. The van der Waals surface area contributed by atoms with Gasteiger partial charge >= 0.3 is 12.1 Å². The molecular weight excluding hydrogens is 355 g/mol. The summed E-state index contributed by atoms with van der Waals surface area (Å²) in [5, 5.41) is 0. The number of hydrogen-bond acceptors (Lipinski definition) is 3. The molecule has 0 spiro atoms. The van der Waals surface area contributed by atoms with E-state index in [2.05, 4.69) is 4.72 Å². The highest BCUT2D eigenvalue weighted by atomic mass is 32.2. The van der Waals surface area contributed by atoms with Gasteiger partial charge in [-0.2, -0.15) is 13.2 Å². The van der Waals surface area contributed by atoms with Crippen LogP contribution in [0.2, 0.25) is 0 Å². The Hall–Kier alpha value is -0.630. The lowest BCUT2D eigenvalue weighted by Gasteiger charge is -2.32. The van der Waals surface area contributed by atoms with E-state index in [4.69, 9.17) is 4.74 Å². The van der Waals surface area contributed by atoms with Crippen molar-refractivity contribution in [1.82, 2.24) is 4.72 Å². The van der Waals surface area contributed by atoms with E-state index in [0.717, 1.165) is 25.7 Å². The predicted octanol–water partition coefficient (Wildman–Crippen LogP) is 4.12. The number of hydrogen-bond donors (Lipinski definition) is 1. The molecule has 4 nitrogen and oxygen atoms in total. The van der Waals surface area contributed by atoms with Crippen LogP contribution in [0.1, 0.15) is 66.7 Å². The topological polar surface area (TPSA) is 55.4 Å². The zero-order chi connectivity index (χ0) is 19.4. The maximum Gasteiger partial charge on any atom is 0.405 e. The van der Waals surface area contributed by atoms with Crippen molar-refractivity contribution in [2.24, 2.45) is 11.8 Å². The van der Waals surface area contributed by atoms with Crippen molar-refractivity contribution >= 4 is 17.0 Å². The Kier molecular flexibility index (Phi) is 7.93. The first-order chi connectivity index (χ1) is 11.3. The number of nitrogens with one attached hydrogen (secondary N) is 1. The Bertz CT molecular complexity index is 469. The average molecular weight is 385 g/mol. The zero-order valence-electron chi connectivity index (χ0n) is 15.6. The molecule has 0 aromatic heterocycles. The molecule has 0 unspecified atom stereocenters. The van der Waals surface area contributed by atoms with Crippen LogP contribution in [-0.4, -0.2) is 33.2 Å². The van der Waals surface area contributed by atoms with Crippen molar-refractivity contribution in [2.75, 3.05) is 0 Å².